The molecule has 2 heterocycles. The molecule has 3 rings (SSSR count). The summed E-state index contributed by atoms with van der Waals surface area (Å²) in [5.41, 5.74) is 1.85. The maximum Gasteiger partial charge on any atom is 0.255 e. The molecule has 1 aliphatic heterocycles. The smallest absolute Gasteiger partial charge is 0.255 e. The molecule has 0 unspecified atom stereocenters. The highest BCUT2D eigenvalue weighted by Gasteiger charge is 2.19. The summed E-state index contributed by atoms with van der Waals surface area (Å²) in [6.45, 7) is 1.61. The highest BCUT2D eigenvalue weighted by atomic mass is 19.1. The lowest BCUT2D eigenvalue weighted by molar-refractivity contribution is 0.0792. The van der Waals surface area contributed by atoms with Crippen LogP contribution in [0.25, 0.3) is 0 Å². The van der Waals surface area contributed by atoms with Crippen molar-refractivity contribution in [3.8, 4) is 0 Å². The third-order valence-corrected chi connectivity index (χ3v) is 3.49. The quantitative estimate of drug-likeness (QED) is 0.942. The van der Waals surface area contributed by atoms with Crippen LogP contribution in [0.5, 0.6) is 0 Å². The fourth-order valence-corrected chi connectivity index (χ4v) is 2.46. The maximum atomic E-state index is 13.2. The van der Waals surface area contributed by atoms with Gasteiger partial charge in [-0.3, -0.25) is 9.78 Å². The Morgan fingerprint density at radius 3 is 2.71 bits per heavy atom. The number of pyridine rings is 1. The lowest BCUT2D eigenvalue weighted by Gasteiger charge is -2.15. The van der Waals surface area contributed by atoms with E-state index >= 15 is 0 Å². The highest BCUT2D eigenvalue weighted by molar-refractivity contribution is 5.95. The Morgan fingerprint density at radius 2 is 1.95 bits per heavy atom. The van der Waals surface area contributed by atoms with Crippen LogP contribution in [0, 0.1) is 5.82 Å². The van der Waals surface area contributed by atoms with Crippen molar-refractivity contribution in [3.63, 3.8) is 0 Å². The van der Waals surface area contributed by atoms with Gasteiger partial charge in [0.1, 0.15) is 5.82 Å². The number of likely N-dealkylation sites (tertiary alicyclic amines) is 1. The third kappa shape index (κ3) is 3.18. The number of nitrogens with one attached hydrogen (secondary N) is 1. The largest absolute Gasteiger partial charge is 0.354 e. The molecule has 1 aliphatic rings. The Labute approximate surface area is 122 Å². The fourth-order valence-electron chi connectivity index (χ4n) is 2.46. The van der Waals surface area contributed by atoms with E-state index in [-0.39, 0.29) is 11.7 Å². The lowest BCUT2D eigenvalue weighted by Crippen LogP contribution is -2.27. The Kier molecular flexibility index (Phi) is 3.81. The number of halogens is 1. The van der Waals surface area contributed by atoms with E-state index in [9.17, 15) is 9.18 Å². The lowest BCUT2D eigenvalue weighted by atomic mass is 10.2. The van der Waals surface area contributed by atoms with Gasteiger partial charge < -0.3 is 10.2 Å². The van der Waals surface area contributed by atoms with Crippen LogP contribution in [0.3, 0.4) is 0 Å². The van der Waals surface area contributed by atoms with Gasteiger partial charge in [-0.1, -0.05) is 6.07 Å². The number of amides is 1. The third-order valence-electron chi connectivity index (χ3n) is 3.49. The molecule has 108 valence electrons. The molecule has 1 saturated heterocycles. The van der Waals surface area contributed by atoms with Crippen molar-refractivity contribution < 1.29 is 9.18 Å². The van der Waals surface area contributed by atoms with Crippen LogP contribution >= 0.6 is 0 Å². The Balaban J connectivity index is 1.78. The zero-order valence-electron chi connectivity index (χ0n) is 11.6. The van der Waals surface area contributed by atoms with Crippen LogP contribution in [0.15, 0.2) is 42.7 Å². The van der Waals surface area contributed by atoms with Crippen LogP contribution < -0.4 is 5.32 Å². The molecule has 0 spiro atoms. The standard InChI is InChI=1S/C16H16FN3O/c17-13-4-3-5-14(9-13)19-15-8-12(10-18-11-15)16(21)20-6-1-2-7-20/h3-5,8-11,19H,1-2,6-7H2. The second-order valence-electron chi connectivity index (χ2n) is 5.10. The molecule has 1 N–H and O–H groups in total. The number of carbonyl (C=O) groups excluding carboxylic acids is 1. The van der Waals surface area contributed by atoms with Crippen LogP contribution in [0.4, 0.5) is 15.8 Å². The van der Waals surface area contributed by atoms with Gasteiger partial charge in [0.25, 0.3) is 5.91 Å². The van der Waals surface area contributed by atoms with E-state index in [1.165, 1.54) is 12.1 Å². The first-order chi connectivity index (χ1) is 10.2. The minimum atomic E-state index is -0.308. The van der Waals surface area contributed by atoms with E-state index in [2.05, 4.69) is 10.3 Å². The molecule has 1 amide bonds. The summed E-state index contributed by atoms with van der Waals surface area (Å²) in [5.74, 6) is -0.305. The number of carbonyl (C=O) groups is 1. The topological polar surface area (TPSA) is 45.2 Å². The van der Waals surface area contributed by atoms with Crippen molar-refractivity contribution in [2.24, 2.45) is 0 Å². The Hall–Kier alpha value is -2.43. The van der Waals surface area contributed by atoms with Gasteiger partial charge in [-0.05, 0) is 37.1 Å². The maximum absolute atomic E-state index is 13.2. The van der Waals surface area contributed by atoms with Crippen molar-refractivity contribution in [1.29, 1.82) is 0 Å². The average molecular weight is 285 g/mol. The molecule has 0 atom stereocenters. The number of nitrogens with zero attached hydrogens (tertiary/aromatic N) is 2. The van der Waals surface area contributed by atoms with Crippen LogP contribution in [-0.4, -0.2) is 28.9 Å². The average Bonchev–Trinajstić information content (AvgIpc) is 3.01. The summed E-state index contributed by atoms with van der Waals surface area (Å²) in [6.07, 6.45) is 5.30. The van der Waals surface area contributed by atoms with E-state index in [0.29, 0.717) is 16.9 Å². The number of rotatable bonds is 3. The molecule has 1 aromatic heterocycles. The predicted molar refractivity (Wildman–Crippen MR) is 79.1 cm³/mol. The van der Waals surface area contributed by atoms with Crippen molar-refractivity contribution in [3.05, 3.63) is 54.1 Å². The second-order valence-corrected chi connectivity index (χ2v) is 5.10. The number of anilines is 2. The molecule has 0 radical (unpaired) electrons. The van der Waals surface area contributed by atoms with E-state index in [4.69, 9.17) is 0 Å². The first-order valence-corrected chi connectivity index (χ1v) is 6.99. The summed E-state index contributed by atoms with van der Waals surface area (Å²) >= 11 is 0. The van der Waals surface area contributed by atoms with Gasteiger partial charge >= 0.3 is 0 Å². The zero-order chi connectivity index (χ0) is 14.7. The highest BCUT2D eigenvalue weighted by Crippen LogP contribution is 2.19. The number of hydrogen-bond acceptors (Lipinski definition) is 3. The van der Waals surface area contributed by atoms with Crippen molar-refractivity contribution >= 4 is 17.3 Å². The molecular formula is C16H16FN3O. The van der Waals surface area contributed by atoms with Gasteiger partial charge in [0, 0.05) is 25.0 Å². The zero-order valence-corrected chi connectivity index (χ0v) is 11.6. The Bertz CT molecular complexity index is 653. The minimum Gasteiger partial charge on any atom is -0.354 e. The normalized spacial score (nSPS) is 14.2. The molecule has 1 aromatic carbocycles. The van der Waals surface area contributed by atoms with Gasteiger partial charge in [-0.25, -0.2) is 4.39 Å². The number of benzene rings is 1. The molecule has 2 aromatic rings. The monoisotopic (exact) mass is 285 g/mol. The summed E-state index contributed by atoms with van der Waals surface area (Å²) < 4.78 is 13.2. The molecule has 21 heavy (non-hydrogen) atoms. The summed E-state index contributed by atoms with van der Waals surface area (Å²) in [7, 11) is 0. The minimum absolute atomic E-state index is 0.00268. The van der Waals surface area contributed by atoms with Gasteiger partial charge in [0.15, 0.2) is 0 Å². The van der Waals surface area contributed by atoms with Crippen LogP contribution in [-0.2, 0) is 0 Å². The van der Waals surface area contributed by atoms with E-state index < -0.39 is 0 Å². The van der Waals surface area contributed by atoms with Crippen molar-refractivity contribution in [1.82, 2.24) is 9.88 Å². The predicted octanol–water partition coefficient (Wildman–Crippen LogP) is 3.20. The Morgan fingerprint density at radius 1 is 1.14 bits per heavy atom. The van der Waals surface area contributed by atoms with E-state index in [1.807, 2.05) is 4.90 Å². The fraction of sp³-hybridized carbons (Fsp3) is 0.250. The van der Waals surface area contributed by atoms with Crippen LogP contribution in [0.1, 0.15) is 23.2 Å². The van der Waals surface area contributed by atoms with Crippen molar-refractivity contribution in [2.45, 2.75) is 12.8 Å². The summed E-state index contributed by atoms with van der Waals surface area (Å²) in [4.78, 5) is 18.2. The van der Waals surface area contributed by atoms with E-state index in [0.717, 1.165) is 25.9 Å². The summed E-state index contributed by atoms with van der Waals surface area (Å²) in [6, 6.07) is 7.92. The van der Waals surface area contributed by atoms with Gasteiger partial charge in [0.2, 0.25) is 0 Å². The number of hydrogen-bond donors (Lipinski definition) is 1. The molecule has 4 nitrogen and oxygen atoms in total. The second kappa shape index (κ2) is 5.91. The molecule has 0 bridgehead atoms. The van der Waals surface area contributed by atoms with Gasteiger partial charge in [-0.2, -0.15) is 0 Å². The number of aromatic nitrogens is 1. The van der Waals surface area contributed by atoms with Gasteiger partial charge in [-0.15, -0.1) is 0 Å². The SMILES string of the molecule is O=C(c1cncc(Nc2cccc(F)c2)c1)N1CCCC1. The van der Waals surface area contributed by atoms with Crippen molar-refractivity contribution in [2.75, 3.05) is 18.4 Å². The molecule has 0 aliphatic carbocycles. The van der Waals surface area contributed by atoms with E-state index in [1.54, 1.807) is 30.6 Å². The summed E-state index contributed by atoms with van der Waals surface area (Å²) in [5, 5.41) is 3.06. The molecular weight excluding hydrogens is 269 g/mol. The van der Waals surface area contributed by atoms with Gasteiger partial charge in [0.05, 0.1) is 17.4 Å². The van der Waals surface area contributed by atoms with Crippen LogP contribution in [0.2, 0.25) is 0 Å². The molecule has 5 heteroatoms. The first-order valence-electron chi connectivity index (χ1n) is 6.99. The molecule has 0 saturated carbocycles. The first kappa shape index (κ1) is 13.5. The molecule has 1 fully saturated rings.